The molecule has 194 valence electrons. The van der Waals surface area contributed by atoms with Crippen molar-refractivity contribution in [2.75, 3.05) is 18.4 Å². The first-order valence-electron chi connectivity index (χ1n) is 11.8. The molecule has 0 fully saturated rings. The number of nitrogens with zero attached hydrogens (tertiary/aromatic N) is 3. The maximum atomic E-state index is 12.7. The molecule has 0 aliphatic carbocycles. The van der Waals surface area contributed by atoms with Gasteiger partial charge in [0.2, 0.25) is 17.6 Å². The average Bonchev–Trinajstić information content (AvgIpc) is 3.36. The Labute approximate surface area is 209 Å². The fraction of sp³-hybridized carbons (Fsp3) is 0.320. The summed E-state index contributed by atoms with van der Waals surface area (Å²) in [5.41, 5.74) is -0.566. The molecule has 2 aromatic heterocycles. The molecule has 0 spiro atoms. The number of benzene rings is 2. The van der Waals surface area contributed by atoms with E-state index in [9.17, 15) is 22.8 Å². The van der Waals surface area contributed by atoms with E-state index in [0.717, 1.165) is 30.4 Å². The lowest BCUT2D eigenvalue weighted by Crippen LogP contribution is -2.24. The van der Waals surface area contributed by atoms with Gasteiger partial charge in [-0.05, 0) is 37.5 Å². The maximum Gasteiger partial charge on any atom is 0.416 e. The number of carbonyl (C=O) groups is 1. The lowest BCUT2D eigenvalue weighted by molar-refractivity contribution is -0.137. The molecule has 4 rings (SSSR count). The summed E-state index contributed by atoms with van der Waals surface area (Å²) in [6.07, 6.45) is -1.69. The number of nitrogens with one attached hydrogen (secondary N) is 3. The highest BCUT2D eigenvalue weighted by Crippen LogP contribution is 2.30. The highest BCUT2D eigenvalue weighted by Gasteiger charge is 2.30. The highest BCUT2D eigenvalue weighted by molar-refractivity contribution is 5.90. The van der Waals surface area contributed by atoms with E-state index in [1.807, 2.05) is 12.1 Å². The molecule has 0 unspecified atom stereocenters. The summed E-state index contributed by atoms with van der Waals surface area (Å²) >= 11 is 0. The molecule has 37 heavy (non-hydrogen) atoms. The van der Waals surface area contributed by atoms with Crippen molar-refractivity contribution in [3.8, 4) is 11.4 Å². The standard InChI is InChI=1S/C25H25F3N6O3/c26-25(27,28)17-12-10-16(11-13-17)22-31-21(37-34-22)9-5-8-20(35)29-14-3-4-15-30-23-18-6-1-2-7-19(18)24(36)33-32-23/h1-2,6-7,10-13H,3-5,8-9,14-15H2,(H,29,35)(H,30,32)(H,33,36). The lowest BCUT2D eigenvalue weighted by atomic mass is 10.1. The number of amides is 1. The predicted molar refractivity (Wildman–Crippen MR) is 131 cm³/mol. The Balaban J connectivity index is 1.12. The Morgan fingerprint density at radius 1 is 0.973 bits per heavy atom. The summed E-state index contributed by atoms with van der Waals surface area (Å²) < 4.78 is 43.2. The second-order valence-corrected chi connectivity index (χ2v) is 8.37. The van der Waals surface area contributed by atoms with E-state index >= 15 is 0 Å². The number of unbranched alkanes of at least 4 members (excludes halogenated alkanes) is 1. The van der Waals surface area contributed by atoms with Crippen LogP contribution < -0.4 is 16.2 Å². The molecule has 1 amide bonds. The fourth-order valence-corrected chi connectivity index (χ4v) is 3.70. The predicted octanol–water partition coefficient (Wildman–Crippen LogP) is 4.32. The fourth-order valence-electron chi connectivity index (χ4n) is 3.70. The zero-order valence-electron chi connectivity index (χ0n) is 19.8. The van der Waals surface area contributed by atoms with E-state index in [0.29, 0.717) is 48.6 Å². The van der Waals surface area contributed by atoms with Crippen LogP contribution in [-0.4, -0.2) is 39.3 Å². The lowest BCUT2D eigenvalue weighted by Gasteiger charge is -2.08. The minimum absolute atomic E-state index is 0.0938. The van der Waals surface area contributed by atoms with Gasteiger partial charge in [0.05, 0.1) is 10.9 Å². The topological polar surface area (TPSA) is 126 Å². The van der Waals surface area contributed by atoms with E-state index in [1.165, 1.54) is 12.1 Å². The third-order valence-electron chi connectivity index (χ3n) is 5.65. The van der Waals surface area contributed by atoms with Crippen LogP contribution in [0.4, 0.5) is 19.0 Å². The van der Waals surface area contributed by atoms with Gasteiger partial charge < -0.3 is 15.2 Å². The molecule has 0 aliphatic rings. The smallest absolute Gasteiger partial charge is 0.368 e. The molecule has 4 aromatic rings. The Morgan fingerprint density at radius 3 is 2.46 bits per heavy atom. The van der Waals surface area contributed by atoms with Crippen molar-refractivity contribution in [3.63, 3.8) is 0 Å². The van der Waals surface area contributed by atoms with Crippen molar-refractivity contribution in [1.82, 2.24) is 25.7 Å². The van der Waals surface area contributed by atoms with Crippen molar-refractivity contribution < 1.29 is 22.5 Å². The Kier molecular flexibility index (Phi) is 8.16. The zero-order valence-corrected chi connectivity index (χ0v) is 19.8. The Morgan fingerprint density at radius 2 is 1.70 bits per heavy atom. The number of rotatable bonds is 11. The van der Waals surface area contributed by atoms with Crippen LogP contribution in [0.2, 0.25) is 0 Å². The number of aromatic nitrogens is 4. The van der Waals surface area contributed by atoms with Gasteiger partial charge in [-0.2, -0.15) is 23.3 Å². The van der Waals surface area contributed by atoms with Gasteiger partial charge in [0, 0.05) is 36.9 Å². The molecule has 2 aromatic carbocycles. The van der Waals surface area contributed by atoms with Gasteiger partial charge in [-0.1, -0.05) is 35.5 Å². The Hall–Kier alpha value is -4.22. The van der Waals surface area contributed by atoms with E-state index in [1.54, 1.807) is 12.1 Å². The second kappa shape index (κ2) is 11.7. The first kappa shape index (κ1) is 25.9. The number of anilines is 1. The summed E-state index contributed by atoms with van der Waals surface area (Å²) in [6, 6.07) is 11.7. The number of aromatic amines is 1. The number of fused-ring (bicyclic) bond motifs is 1. The van der Waals surface area contributed by atoms with Gasteiger partial charge in [-0.15, -0.1) is 0 Å². The average molecular weight is 515 g/mol. The molecule has 0 radical (unpaired) electrons. The molecule has 0 atom stereocenters. The van der Waals surface area contributed by atoms with Gasteiger partial charge in [0.15, 0.2) is 5.82 Å². The van der Waals surface area contributed by atoms with Gasteiger partial charge >= 0.3 is 6.18 Å². The van der Waals surface area contributed by atoms with Gasteiger partial charge in [-0.25, -0.2) is 5.10 Å². The van der Waals surface area contributed by atoms with Crippen molar-refractivity contribution >= 4 is 22.5 Å². The van der Waals surface area contributed by atoms with E-state index in [2.05, 4.69) is 31.0 Å². The Bertz CT molecular complexity index is 1400. The van der Waals surface area contributed by atoms with Crippen molar-refractivity contribution in [2.24, 2.45) is 0 Å². The minimum Gasteiger partial charge on any atom is -0.368 e. The normalized spacial score (nSPS) is 11.5. The van der Waals surface area contributed by atoms with Crippen LogP contribution >= 0.6 is 0 Å². The van der Waals surface area contributed by atoms with Crippen LogP contribution in [0.1, 0.15) is 37.1 Å². The molecule has 9 nitrogen and oxygen atoms in total. The molecule has 0 saturated heterocycles. The number of aryl methyl sites for hydroxylation is 1. The summed E-state index contributed by atoms with van der Waals surface area (Å²) in [5.74, 6) is 1.04. The van der Waals surface area contributed by atoms with Crippen molar-refractivity contribution in [2.45, 2.75) is 38.3 Å². The largest absolute Gasteiger partial charge is 0.416 e. The maximum absolute atomic E-state index is 12.7. The highest BCUT2D eigenvalue weighted by atomic mass is 19.4. The molecule has 3 N–H and O–H groups in total. The quantitative estimate of drug-likeness (QED) is 0.255. The van der Waals surface area contributed by atoms with Crippen molar-refractivity contribution in [1.29, 1.82) is 0 Å². The number of H-pyrrole nitrogens is 1. The van der Waals surface area contributed by atoms with Gasteiger partial charge in [0.1, 0.15) is 0 Å². The third-order valence-corrected chi connectivity index (χ3v) is 5.65. The summed E-state index contributed by atoms with van der Waals surface area (Å²) in [5, 5.41) is 17.8. The third kappa shape index (κ3) is 6.93. The summed E-state index contributed by atoms with van der Waals surface area (Å²) in [7, 11) is 0. The van der Waals surface area contributed by atoms with Crippen LogP contribution in [0, 0.1) is 0 Å². The van der Waals surface area contributed by atoms with Crippen LogP contribution in [0.3, 0.4) is 0 Å². The SMILES string of the molecule is O=C(CCCc1nc(-c2ccc(C(F)(F)F)cc2)no1)NCCCCNc1n[nH]c(=O)c2ccccc12. The molecular weight excluding hydrogens is 489 g/mol. The van der Waals surface area contributed by atoms with Crippen molar-refractivity contribution in [3.05, 3.63) is 70.3 Å². The first-order valence-corrected chi connectivity index (χ1v) is 11.8. The van der Waals surface area contributed by atoms with Gasteiger partial charge in [-0.3, -0.25) is 9.59 Å². The minimum atomic E-state index is -4.41. The van der Waals surface area contributed by atoms with Crippen LogP contribution in [-0.2, 0) is 17.4 Å². The van der Waals surface area contributed by atoms with Crippen LogP contribution in [0.25, 0.3) is 22.2 Å². The molecular formula is C25H25F3N6O3. The molecule has 2 heterocycles. The molecule has 0 bridgehead atoms. The number of hydrogen-bond donors (Lipinski definition) is 3. The van der Waals surface area contributed by atoms with E-state index in [-0.39, 0.29) is 23.7 Å². The van der Waals surface area contributed by atoms with E-state index in [4.69, 9.17) is 4.52 Å². The van der Waals surface area contributed by atoms with Crippen LogP contribution in [0.5, 0.6) is 0 Å². The zero-order chi connectivity index (χ0) is 26.3. The number of halogens is 3. The summed E-state index contributed by atoms with van der Waals surface area (Å²) in [6.45, 7) is 1.16. The van der Waals surface area contributed by atoms with E-state index < -0.39 is 11.7 Å². The number of hydrogen-bond acceptors (Lipinski definition) is 7. The molecule has 12 heteroatoms. The monoisotopic (exact) mass is 514 g/mol. The molecule has 0 aliphatic heterocycles. The van der Waals surface area contributed by atoms with Gasteiger partial charge in [0.25, 0.3) is 5.56 Å². The summed E-state index contributed by atoms with van der Waals surface area (Å²) in [4.78, 5) is 28.1. The first-order chi connectivity index (χ1) is 17.8. The second-order valence-electron chi connectivity index (χ2n) is 8.37. The van der Waals surface area contributed by atoms with Crippen LogP contribution in [0.15, 0.2) is 57.8 Å². The molecule has 0 saturated carbocycles. The number of alkyl halides is 3. The number of carbonyl (C=O) groups excluding carboxylic acids is 1.